The van der Waals surface area contributed by atoms with Crippen LogP contribution in [0.3, 0.4) is 0 Å². The minimum atomic E-state index is 1.01. The van der Waals surface area contributed by atoms with E-state index in [1.165, 1.54) is 11.1 Å². The van der Waals surface area contributed by atoms with Crippen molar-refractivity contribution in [1.29, 1.82) is 0 Å². The molecule has 0 amide bonds. The molecule has 3 aromatic rings. The first-order chi connectivity index (χ1) is 8.75. The standard InChI is InChI=1S/C16H14N2/c1-11-10-15-16(12(2)18-11)14(8-9-17-15)13-6-4-3-5-7-13/h3-10H,1-2H3. The summed E-state index contributed by atoms with van der Waals surface area (Å²) in [5, 5.41) is 1.15. The van der Waals surface area contributed by atoms with Crippen molar-refractivity contribution in [1.82, 2.24) is 9.97 Å². The molecule has 0 spiro atoms. The lowest BCUT2D eigenvalue weighted by Crippen LogP contribution is -1.92. The second-order valence-corrected chi connectivity index (χ2v) is 4.47. The topological polar surface area (TPSA) is 25.8 Å². The molecule has 2 nitrogen and oxygen atoms in total. The van der Waals surface area contributed by atoms with E-state index in [0.717, 1.165) is 22.3 Å². The molecule has 0 aliphatic heterocycles. The van der Waals surface area contributed by atoms with Crippen LogP contribution in [0.1, 0.15) is 11.4 Å². The Balaban J connectivity index is 2.37. The summed E-state index contributed by atoms with van der Waals surface area (Å²) in [4.78, 5) is 9.00. The van der Waals surface area contributed by atoms with Crippen molar-refractivity contribution in [2.75, 3.05) is 0 Å². The molecule has 2 heterocycles. The highest BCUT2D eigenvalue weighted by Crippen LogP contribution is 2.29. The third-order valence-electron chi connectivity index (χ3n) is 3.12. The molecular formula is C16H14N2. The third-order valence-corrected chi connectivity index (χ3v) is 3.12. The monoisotopic (exact) mass is 234 g/mol. The average Bonchev–Trinajstić information content (AvgIpc) is 2.38. The number of pyridine rings is 2. The van der Waals surface area contributed by atoms with E-state index in [4.69, 9.17) is 0 Å². The molecule has 0 unspecified atom stereocenters. The number of aryl methyl sites for hydroxylation is 2. The zero-order chi connectivity index (χ0) is 12.5. The molecule has 0 N–H and O–H groups in total. The number of hydrogen-bond donors (Lipinski definition) is 0. The maximum absolute atomic E-state index is 4.55. The van der Waals surface area contributed by atoms with Gasteiger partial charge >= 0.3 is 0 Å². The summed E-state index contributed by atoms with van der Waals surface area (Å²) in [7, 11) is 0. The Kier molecular flexibility index (Phi) is 2.56. The number of nitrogens with zero attached hydrogens (tertiary/aromatic N) is 2. The molecule has 2 aromatic heterocycles. The first-order valence-electron chi connectivity index (χ1n) is 6.04. The van der Waals surface area contributed by atoms with Crippen LogP contribution in [0.25, 0.3) is 22.0 Å². The molecule has 0 aliphatic carbocycles. The first-order valence-corrected chi connectivity index (χ1v) is 6.04. The van der Waals surface area contributed by atoms with E-state index in [1.54, 1.807) is 0 Å². The van der Waals surface area contributed by atoms with Crippen LogP contribution in [0.2, 0.25) is 0 Å². The average molecular weight is 234 g/mol. The van der Waals surface area contributed by atoms with Crippen LogP contribution in [0.15, 0.2) is 48.7 Å². The van der Waals surface area contributed by atoms with Crippen molar-refractivity contribution in [2.24, 2.45) is 0 Å². The van der Waals surface area contributed by atoms with Crippen molar-refractivity contribution < 1.29 is 0 Å². The van der Waals surface area contributed by atoms with Crippen LogP contribution in [0.4, 0.5) is 0 Å². The molecular weight excluding hydrogens is 220 g/mol. The Morgan fingerprint density at radius 2 is 1.72 bits per heavy atom. The van der Waals surface area contributed by atoms with Crippen LogP contribution >= 0.6 is 0 Å². The minimum Gasteiger partial charge on any atom is -0.258 e. The summed E-state index contributed by atoms with van der Waals surface area (Å²) in [6.45, 7) is 4.05. The number of rotatable bonds is 1. The Hall–Kier alpha value is -2.22. The van der Waals surface area contributed by atoms with E-state index in [1.807, 2.05) is 32.2 Å². The fraction of sp³-hybridized carbons (Fsp3) is 0.125. The molecule has 18 heavy (non-hydrogen) atoms. The van der Waals surface area contributed by atoms with Gasteiger partial charge in [0, 0.05) is 23.0 Å². The number of aromatic nitrogens is 2. The molecule has 0 fully saturated rings. The van der Waals surface area contributed by atoms with Gasteiger partial charge in [-0.25, -0.2) is 0 Å². The van der Waals surface area contributed by atoms with Crippen molar-refractivity contribution >= 4 is 10.9 Å². The Labute approximate surface area is 106 Å². The lowest BCUT2D eigenvalue weighted by Gasteiger charge is -2.09. The Morgan fingerprint density at radius 3 is 2.50 bits per heavy atom. The molecule has 0 radical (unpaired) electrons. The summed E-state index contributed by atoms with van der Waals surface area (Å²) in [6.07, 6.45) is 1.86. The van der Waals surface area contributed by atoms with Crippen molar-refractivity contribution in [3.05, 3.63) is 60.0 Å². The van der Waals surface area contributed by atoms with Crippen LogP contribution in [0.5, 0.6) is 0 Å². The SMILES string of the molecule is Cc1cc2nccc(-c3ccccc3)c2c(C)n1. The molecule has 3 rings (SSSR count). The summed E-state index contributed by atoms with van der Waals surface area (Å²) >= 11 is 0. The fourth-order valence-corrected chi connectivity index (χ4v) is 2.38. The smallest absolute Gasteiger partial charge is 0.0744 e. The summed E-state index contributed by atoms with van der Waals surface area (Å²) < 4.78 is 0. The molecule has 0 bridgehead atoms. The van der Waals surface area contributed by atoms with Gasteiger partial charge in [0.15, 0.2) is 0 Å². The summed E-state index contributed by atoms with van der Waals surface area (Å²) in [6, 6.07) is 14.5. The zero-order valence-corrected chi connectivity index (χ0v) is 10.5. The lowest BCUT2D eigenvalue weighted by molar-refractivity contribution is 1.14. The van der Waals surface area contributed by atoms with Gasteiger partial charge in [-0.15, -0.1) is 0 Å². The fourth-order valence-electron chi connectivity index (χ4n) is 2.38. The Morgan fingerprint density at radius 1 is 0.944 bits per heavy atom. The molecule has 1 aromatic carbocycles. The number of fused-ring (bicyclic) bond motifs is 1. The summed E-state index contributed by atoms with van der Waals surface area (Å²) in [5.41, 5.74) is 5.47. The zero-order valence-electron chi connectivity index (χ0n) is 10.5. The third kappa shape index (κ3) is 1.76. The maximum atomic E-state index is 4.55. The van der Waals surface area contributed by atoms with Gasteiger partial charge in [0.05, 0.1) is 5.52 Å². The van der Waals surface area contributed by atoms with Gasteiger partial charge in [0.25, 0.3) is 0 Å². The quantitative estimate of drug-likeness (QED) is 0.638. The normalized spacial score (nSPS) is 10.8. The molecule has 2 heteroatoms. The van der Waals surface area contributed by atoms with Crippen LogP contribution in [-0.2, 0) is 0 Å². The van der Waals surface area contributed by atoms with Crippen molar-refractivity contribution in [2.45, 2.75) is 13.8 Å². The largest absolute Gasteiger partial charge is 0.258 e. The minimum absolute atomic E-state index is 1.01. The molecule has 88 valence electrons. The van der Waals surface area contributed by atoms with Crippen LogP contribution < -0.4 is 0 Å². The van der Waals surface area contributed by atoms with E-state index in [2.05, 4.69) is 40.3 Å². The summed E-state index contributed by atoms with van der Waals surface area (Å²) in [5.74, 6) is 0. The highest BCUT2D eigenvalue weighted by molar-refractivity contribution is 5.95. The second-order valence-electron chi connectivity index (χ2n) is 4.47. The molecule has 0 saturated heterocycles. The van der Waals surface area contributed by atoms with E-state index in [9.17, 15) is 0 Å². The Bertz CT molecular complexity index is 703. The van der Waals surface area contributed by atoms with Crippen LogP contribution in [-0.4, -0.2) is 9.97 Å². The molecule has 0 aliphatic rings. The number of hydrogen-bond acceptors (Lipinski definition) is 2. The lowest BCUT2D eigenvalue weighted by atomic mass is 10.0. The van der Waals surface area contributed by atoms with E-state index < -0.39 is 0 Å². The van der Waals surface area contributed by atoms with E-state index >= 15 is 0 Å². The highest BCUT2D eigenvalue weighted by Gasteiger charge is 2.08. The molecule has 0 atom stereocenters. The second kappa shape index (κ2) is 4.22. The van der Waals surface area contributed by atoms with Gasteiger partial charge in [-0.1, -0.05) is 30.3 Å². The van der Waals surface area contributed by atoms with Gasteiger partial charge in [-0.3, -0.25) is 9.97 Å². The van der Waals surface area contributed by atoms with E-state index in [0.29, 0.717) is 0 Å². The predicted octanol–water partition coefficient (Wildman–Crippen LogP) is 3.91. The first kappa shape index (κ1) is 10.9. The van der Waals surface area contributed by atoms with Gasteiger partial charge in [0.1, 0.15) is 0 Å². The maximum Gasteiger partial charge on any atom is 0.0744 e. The van der Waals surface area contributed by atoms with Gasteiger partial charge in [0.2, 0.25) is 0 Å². The van der Waals surface area contributed by atoms with Crippen molar-refractivity contribution in [3.8, 4) is 11.1 Å². The van der Waals surface area contributed by atoms with Gasteiger partial charge in [-0.2, -0.15) is 0 Å². The molecule has 0 saturated carbocycles. The van der Waals surface area contributed by atoms with E-state index in [-0.39, 0.29) is 0 Å². The van der Waals surface area contributed by atoms with Crippen molar-refractivity contribution in [3.63, 3.8) is 0 Å². The highest BCUT2D eigenvalue weighted by atomic mass is 14.7. The predicted molar refractivity (Wildman–Crippen MR) is 74.4 cm³/mol. The van der Waals surface area contributed by atoms with Gasteiger partial charge in [-0.05, 0) is 37.1 Å². The van der Waals surface area contributed by atoms with Gasteiger partial charge < -0.3 is 0 Å². The number of benzene rings is 1. The van der Waals surface area contributed by atoms with Crippen LogP contribution in [0, 0.1) is 13.8 Å².